The van der Waals surface area contributed by atoms with Gasteiger partial charge in [0, 0.05) is 6.42 Å². The number of thioether (sulfide) groups is 1. The zero-order valence-electron chi connectivity index (χ0n) is 15.2. The molecule has 7 nitrogen and oxygen atoms in total. The van der Waals surface area contributed by atoms with Crippen molar-refractivity contribution in [3.8, 4) is 0 Å². The Kier molecular flexibility index (Phi) is 6.44. The third kappa shape index (κ3) is 4.98. The van der Waals surface area contributed by atoms with E-state index in [9.17, 15) is 14.4 Å². The van der Waals surface area contributed by atoms with Crippen molar-refractivity contribution in [1.82, 2.24) is 15.3 Å². The van der Waals surface area contributed by atoms with Crippen molar-refractivity contribution in [2.24, 2.45) is 0 Å². The summed E-state index contributed by atoms with van der Waals surface area (Å²) in [6.07, 6.45) is 0.328. The summed E-state index contributed by atoms with van der Waals surface area (Å²) in [5, 5.41) is 3.52. The molecule has 0 aliphatic heterocycles. The van der Waals surface area contributed by atoms with Gasteiger partial charge in [-0.05, 0) is 17.7 Å². The molecule has 8 heteroatoms. The van der Waals surface area contributed by atoms with Crippen molar-refractivity contribution in [2.45, 2.75) is 17.6 Å². The predicted molar refractivity (Wildman–Crippen MR) is 107 cm³/mol. The van der Waals surface area contributed by atoms with E-state index in [1.165, 1.54) is 7.11 Å². The highest BCUT2D eigenvalue weighted by atomic mass is 32.2. The van der Waals surface area contributed by atoms with Crippen LogP contribution in [-0.4, -0.2) is 40.7 Å². The highest BCUT2D eigenvalue weighted by Gasteiger charge is 2.22. The summed E-state index contributed by atoms with van der Waals surface area (Å²) in [5.41, 5.74) is 1.21. The zero-order chi connectivity index (χ0) is 19.9. The van der Waals surface area contributed by atoms with E-state index < -0.39 is 12.0 Å². The number of amides is 1. The molecule has 28 heavy (non-hydrogen) atoms. The second-order valence-corrected chi connectivity index (χ2v) is 6.97. The number of aromatic amines is 1. The summed E-state index contributed by atoms with van der Waals surface area (Å²) in [6, 6.07) is 15.6. The Balaban J connectivity index is 1.64. The average molecular weight is 397 g/mol. The number of para-hydroxylation sites is 1. The van der Waals surface area contributed by atoms with Gasteiger partial charge in [0.25, 0.3) is 5.56 Å². The number of methoxy groups -OCH3 is 1. The maximum Gasteiger partial charge on any atom is 0.328 e. The lowest BCUT2D eigenvalue weighted by Crippen LogP contribution is -2.43. The minimum atomic E-state index is -0.788. The maximum absolute atomic E-state index is 12.3. The number of hydrogen-bond donors (Lipinski definition) is 2. The van der Waals surface area contributed by atoms with Crippen LogP contribution in [0.2, 0.25) is 0 Å². The lowest BCUT2D eigenvalue weighted by atomic mass is 10.1. The molecule has 1 aromatic heterocycles. The number of hydrogen-bond acceptors (Lipinski definition) is 6. The Labute approximate surface area is 165 Å². The normalized spacial score (nSPS) is 11.8. The molecule has 0 spiro atoms. The van der Waals surface area contributed by atoms with Gasteiger partial charge in [-0.1, -0.05) is 54.2 Å². The molecule has 0 radical (unpaired) electrons. The van der Waals surface area contributed by atoms with Gasteiger partial charge >= 0.3 is 5.97 Å². The van der Waals surface area contributed by atoms with E-state index in [2.05, 4.69) is 15.3 Å². The van der Waals surface area contributed by atoms with Gasteiger partial charge < -0.3 is 15.0 Å². The highest BCUT2D eigenvalue weighted by Crippen LogP contribution is 2.14. The number of ether oxygens (including phenoxy) is 1. The molecule has 144 valence electrons. The van der Waals surface area contributed by atoms with Crippen molar-refractivity contribution < 1.29 is 14.3 Å². The number of nitrogens with one attached hydrogen (secondary N) is 2. The lowest BCUT2D eigenvalue weighted by molar-refractivity contribution is -0.144. The van der Waals surface area contributed by atoms with E-state index >= 15 is 0 Å². The van der Waals surface area contributed by atoms with Crippen LogP contribution < -0.4 is 10.9 Å². The number of nitrogens with zero attached hydrogens (tertiary/aromatic N) is 1. The number of benzene rings is 2. The summed E-state index contributed by atoms with van der Waals surface area (Å²) in [7, 11) is 1.28. The molecule has 1 unspecified atom stereocenters. The Morgan fingerprint density at radius 1 is 1.14 bits per heavy atom. The SMILES string of the molecule is COC(=O)C(Cc1ccccc1)NC(=O)CSc1nc2ccccc2c(=O)[nH]1. The number of H-pyrrole nitrogens is 1. The molecule has 0 saturated carbocycles. The van der Waals surface area contributed by atoms with Crippen molar-refractivity contribution in [2.75, 3.05) is 12.9 Å². The minimum Gasteiger partial charge on any atom is -0.467 e. The topological polar surface area (TPSA) is 101 Å². The van der Waals surface area contributed by atoms with E-state index in [-0.39, 0.29) is 17.2 Å². The van der Waals surface area contributed by atoms with Gasteiger partial charge in [0.1, 0.15) is 6.04 Å². The van der Waals surface area contributed by atoms with E-state index in [0.717, 1.165) is 17.3 Å². The molecule has 3 aromatic rings. The number of carbonyl (C=O) groups excluding carboxylic acids is 2. The van der Waals surface area contributed by atoms with Crippen LogP contribution in [0.5, 0.6) is 0 Å². The van der Waals surface area contributed by atoms with Gasteiger partial charge in [0.05, 0.1) is 23.8 Å². The number of esters is 1. The fraction of sp³-hybridized carbons (Fsp3) is 0.200. The molecule has 2 aromatic carbocycles. The second-order valence-electron chi connectivity index (χ2n) is 6.01. The van der Waals surface area contributed by atoms with E-state index in [4.69, 9.17) is 4.74 Å². The van der Waals surface area contributed by atoms with Gasteiger partial charge in [-0.3, -0.25) is 9.59 Å². The predicted octanol–water partition coefficient (Wildman–Crippen LogP) is 1.92. The number of fused-ring (bicyclic) bond motifs is 1. The number of aromatic nitrogens is 2. The van der Waals surface area contributed by atoms with Crippen LogP contribution in [0.4, 0.5) is 0 Å². The minimum absolute atomic E-state index is 0.00354. The third-order valence-electron chi connectivity index (χ3n) is 4.03. The molecule has 1 atom stereocenters. The Hall–Kier alpha value is -3.13. The number of rotatable bonds is 7. The first kappa shape index (κ1) is 19.6. The van der Waals surface area contributed by atoms with Crippen molar-refractivity contribution in [1.29, 1.82) is 0 Å². The van der Waals surface area contributed by atoms with Crippen LogP contribution in [0.3, 0.4) is 0 Å². The molecule has 2 N–H and O–H groups in total. The van der Waals surface area contributed by atoms with Crippen LogP contribution in [0.25, 0.3) is 10.9 Å². The van der Waals surface area contributed by atoms with Crippen LogP contribution in [0.15, 0.2) is 64.5 Å². The molecule has 3 rings (SSSR count). The standard InChI is InChI=1S/C20H19N3O4S/c1-27-19(26)16(11-13-7-3-2-4-8-13)21-17(24)12-28-20-22-15-10-6-5-9-14(15)18(25)23-20/h2-10,16H,11-12H2,1H3,(H,21,24)(H,22,23,25). The molecule has 0 aliphatic carbocycles. The first-order valence-electron chi connectivity index (χ1n) is 8.60. The molecule has 0 aliphatic rings. The molecule has 0 bridgehead atoms. The molecule has 0 saturated heterocycles. The monoisotopic (exact) mass is 397 g/mol. The smallest absolute Gasteiger partial charge is 0.328 e. The lowest BCUT2D eigenvalue weighted by Gasteiger charge is -2.16. The van der Waals surface area contributed by atoms with Crippen molar-refractivity contribution in [3.63, 3.8) is 0 Å². The molecule has 1 heterocycles. The fourth-order valence-corrected chi connectivity index (χ4v) is 3.37. The third-order valence-corrected chi connectivity index (χ3v) is 4.91. The van der Waals surface area contributed by atoms with Crippen LogP contribution in [0, 0.1) is 0 Å². The van der Waals surface area contributed by atoms with Gasteiger partial charge in [-0.15, -0.1) is 0 Å². The quantitative estimate of drug-likeness (QED) is 0.359. The maximum atomic E-state index is 12.3. The van der Waals surface area contributed by atoms with Crippen molar-refractivity contribution in [3.05, 3.63) is 70.5 Å². The van der Waals surface area contributed by atoms with Gasteiger partial charge in [-0.2, -0.15) is 0 Å². The summed E-state index contributed by atoms with van der Waals surface area (Å²) in [5.74, 6) is -0.865. The summed E-state index contributed by atoms with van der Waals surface area (Å²) in [4.78, 5) is 43.4. The second kappa shape index (κ2) is 9.18. The van der Waals surface area contributed by atoms with Crippen LogP contribution >= 0.6 is 11.8 Å². The summed E-state index contributed by atoms with van der Waals surface area (Å²) < 4.78 is 4.79. The van der Waals surface area contributed by atoms with Gasteiger partial charge in [-0.25, -0.2) is 9.78 Å². The molecular weight excluding hydrogens is 378 g/mol. The van der Waals surface area contributed by atoms with E-state index in [1.807, 2.05) is 30.3 Å². The number of carbonyl (C=O) groups is 2. The summed E-state index contributed by atoms with van der Waals surface area (Å²) >= 11 is 1.09. The first-order valence-corrected chi connectivity index (χ1v) is 9.58. The Morgan fingerprint density at radius 3 is 2.61 bits per heavy atom. The highest BCUT2D eigenvalue weighted by molar-refractivity contribution is 7.99. The van der Waals surface area contributed by atoms with Crippen LogP contribution in [0.1, 0.15) is 5.56 Å². The summed E-state index contributed by atoms with van der Waals surface area (Å²) in [6.45, 7) is 0. The molecule has 1 amide bonds. The molecular formula is C20H19N3O4S. The van der Waals surface area contributed by atoms with Gasteiger partial charge in [0.15, 0.2) is 5.16 Å². The molecule has 0 fully saturated rings. The Bertz CT molecular complexity index is 1040. The average Bonchev–Trinajstić information content (AvgIpc) is 2.72. The van der Waals surface area contributed by atoms with E-state index in [1.54, 1.807) is 24.3 Å². The van der Waals surface area contributed by atoms with Crippen LogP contribution in [-0.2, 0) is 20.7 Å². The zero-order valence-corrected chi connectivity index (χ0v) is 16.0. The fourth-order valence-electron chi connectivity index (χ4n) is 2.69. The largest absolute Gasteiger partial charge is 0.467 e. The van der Waals surface area contributed by atoms with Gasteiger partial charge in [0.2, 0.25) is 5.91 Å². The first-order chi connectivity index (χ1) is 13.6. The van der Waals surface area contributed by atoms with Crippen molar-refractivity contribution >= 4 is 34.5 Å². The van der Waals surface area contributed by atoms with E-state index in [0.29, 0.717) is 22.5 Å². The Morgan fingerprint density at radius 2 is 1.86 bits per heavy atom.